The van der Waals surface area contributed by atoms with E-state index in [4.69, 9.17) is 15.8 Å². The molecule has 4 nitrogen and oxygen atoms in total. The van der Waals surface area contributed by atoms with Crippen LogP contribution >= 0.6 is 11.6 Å². The Morgan fingerprint density at radius 3 is 2.28 bits per heavy atom. The standard InChI is InChI=1S/C18H15ClNO3S.ClH/c19-16-8-10-18(11-9-16)24(21,22)23-17-7-4-12-20(14-17)13-15-5-2-1-3-6-15;/h1-12,14H,13H2;1H/q+1;/p-1. The molecule has 0 spiro atoms. The fourth-order valence-electron chi connectivity index (χ4n) is 2.22. The lowest BCUT2D eigenvalue weighted by atomic mass is 10.2. The second-order valence-electron chi connectivity index (χ2n) is 5.19. The van der Waals surface area contributed by atoms with E-state index < -0.39 is 10.1 Å². The summed E-state index contributed by atoms with van der Waals surface area (Å²) in [4.78, 5) is 0.0605. The van der Waals surface area contributed by atoms with Gasteiger partial charge in [-0.3, -0.25) is 0 Å². The van der Waals surface area contributed by atoms with E-state index in [0.717, 1.165) is 5.56 Å². The van der Waals surface area contributed by atoms with E-state index in [9.17, 15) is 8.42 Å². The number of benzene rings is 2. The topological polar surface area (TPSA) is 47.3 Å². The summed E-state index contributed by atoms with van der Waals surface area (Å²) in [6.45, 7) is 0.624. The van der Waals surface area contributed by atoms with E-state index in [2.05, 4.69) is 0 Å². The second-order valence-corrected chi connectivity index (χ2v) is 7.17. The van der Waals surface area contributed by atoms with Gasteiger partial charge >= 0.3 is 10.1 Å². The maximum Gasteiger partial charge on any atom is 0.339 e. The Labute approximate surface area is 158 Å². The van der Waals surface area contributed by atoms with Gasteiger partial charge in [-0.05, 0) is 30.3 Å². The molecule has 0 atom stereocenters. The van der Waals surface area contributed by atoms with Gasteiger partial charge in [-0.25, -0.2) is 0 Å². The maximum absolute atomic E-state index is 12.3. The van der Waals surface area contributed by atoms with Gasteiger partial charge in [-0.15, -0.1) is 0 Å². The van der Waals surface area contributed by atoms with Crippen LogP contribution in [0.15, 0.2) is 84.0 Å². The minimum atomic E-state index is -3.89. The van der Waals surface area contributed by atoms with Crippen LogP contribution in [0.25, 0.3) is 0 Å². The fraction of sp³-hybridized carbons (Fsp3) is 0.0556. The molecule has 7 heteroatoms. The molecule has 25 heavy (non-hydrogen) atoms. The molecule has 0 saturated carbocycles. The highest BCUT2D eigenvalue weighted by Crippen LogP contribution is 2.19. The molecule has 0 aliphatic carbocycles. The van der Waals surface area contributed by atoms with Gasteiger partial charge in [-0.1, -0.05) is 41.9 Å². The Bertz CT molecular complexity index is 930. The molecule has 0 aliphatic heterocycles. The van der Waals surface area contributed by atoms with Crippen LogP contribution in [-0.2, 0) is 16.7 Å². The third-order valence-electron chi connectivity index (χ3n) is 3.35. The molecular formula is C18H15Cl2NO3S. The lowest BCUT2D eigenvalue weighted by Gasteiger charge is -2.06. The molecule has 1 heterocycles. The number of nitrogens with zero attached hydrogens (tertiary/aromatic N) is 1. The number of pyridine rings is 1. The highest BCUT2D eigenvalue weighted by Gasteiger charge is 2.18. The summed E-state index contributed by atoms with van der Waals surface area (Å²) in [5.74, 6) is 0.253. The average Bonchev–Trinajstić information content (AvgIpc) is 2.56. The van der Waals surface area contributed by atoms with Crippen molar-refractivity contribution in [3.05, 3.63) is 89.7 Å². The zero-order chi connectivity index (χ0) is 17.0. The molecular weight excluding hydrogens is 381 g/mol. The fourth-order valence-corrected chi connectivity index (χ4v) is 3.26. The summed E-state index contributed by atoms with van der Waals surface area (Å²) in [6.07, 6.45) is 3.51. The molecule has 3 rings (SSSR count). The monoisotopic (exact) mass is 395 g/mol. The maximum atomic E-state index is 12.3. The number of halogens is 2. The van der Waals surface area contributed by atoms with E-state index in [1.165, 1.54) is 24.3 Å². The van der Waals surface area contributed by atoms with Crippen molar-refractivity contribution in [1.29, 1.82) is 0 Å². The molecule has 0 amide bonds. The van der Waals surface area contributed by atoms with Gasteiger partial charge in [-0.2, -0.15) is 13.0 Å². The highest BCUT2D eigenvalue weighted by atomic mass is 35.5. The first kappa shape index (κ1) is 19.2. The number of hydrogen-bond donors (Lipinski definition) is 0. The summed E-state index contributed by atoms with van der Waals surface area (Å²) in [5, 5.41) is 0.467. The predicted octanol–water partition coefficient (Wildman–Crippen LogP) is 0.447. The van der Waals surface area contributed by atoms with Gasteiger partial charge in [0.25, 0.3) is 0 Å². The van der Waals surface area contributed by atoms with Crippen LogP contribution in [0.2, 0.25) is 5.02 Å². The Kier molecular flexibility index (Phi) is 6.42. The van der Waals surface area contributed by atoms with Crippen LogP contribution < -0.4 is 21.2 Å². The van der Waals surface area contributed by atoms with E-state index >= 15 is 0 Å². The summed E-state index contributed by atoms with van der Waals surface area (Å²) < 4.78 is 31.7. The zero-order valence-electron chi connectivity index (χ0n) is 13.0. The van der Waals surface area contributed by atoms with Crippen molar-refractivity contribution in [1.82, 2.24) is 0 Å². The molecule has 2 aromatic carbocycles. The molecule has 0 unspecified atom stereocenters. The smallest absolute Gasteiger partial charge is 0.339 e. The van der Waals surface area contributed by atoms with E-state index in [0.29, 0.717) is 11.6 Å². The zero-order valence-corrected chi connectivity index (χ0v) is 15.4. The van der Waals surface area contributed by atoms with Gasteiger partial charge in [0.15, 0.2) is 12.7 Å². The van der Waals surface area contributed by atoms with Gasteiger partial charge in [0.2, 0.25) is 11.9 Å². The van der Waals surface area contributed by atoms with E-state index in [1.54, 1.807) is 18.3 Å². The quantitative estimate of drug-likeness (QED) is 0.465. The predicted molar refractivity (Wildman–Crippen MR) is 91.4 cm³/mol. The Morgan fingerprint density at radius 2 is 1.60 bits per heavy atom. The first-order valence-electron chi connectivity index (χ1n) is 7.26. The molecule has 0 N–H and O–H groups in total. The molecule has 130 valence electrons. The first-order valence-corrected chi connectivity index (χ1v) is 9.05. The van der Waals surface area contributed by atoms with Crippen LogP contribution in [0, 0.1) is 0 Å². The third-order valence-corrected chi connectivity index (χ3v) is 4.86. The van der Waals surface area contributed by atoms with Crippen LogP contribution in [0.3, 0.4) is 0 Å². The van der Waals surface area contributed by atoms with Crippen molar-refractivity contribution in [3.8, 4) is 5.75 Å². The summed E-state index contributed by atoms with van der Waals surface area (Å²) in [5.41, 5.74) is 1.11. The van der Waals surface area contributed by atoms with Gasteiger partial charge in [0.1, 0.15) is 4.90 Å². The molecule has 3 aromatic rings. The summed E-state index contributed by atoms with van der Waals surface area (Å²) >= 11 is 5.78. The average molecular weight is 396 g/mol. The van der Waals surface area contributed by atoms with Crippen LogP contribution in [0.4, 0.5) is 0 Å². The van der Waals surface area contributed by atoms with E-state index in [1.807, 2.05) is 41.1 Å². The SMILES string of the molecule is O=S(=O)(Oc1ccc[n+](Cc2ccccc2)c1)c1ccc(Cl)cc1.[Cl-]. The molecule has 0 fully saturated rings. The van der Waals surface area contributed by atoms with Crippen molar-refractivity contribution in [3.63, 3.8) is 0 Å². The van der Waals surface area contributed by atoms with Gasteiger partial charge < -0.3 is 16.6 Å². The van der Waals surface area contributed by atoms with E-state index in [-0.39, 0.29) is 23.1 Å². The highest BCUT2D eigenvalue weighted by molar-refractivity contribution is 7.87. The molecule has 0 aliphatic rings. The van der Waals surface area contributed by atoms with Crippen molar-refractivity contribution in [2.45, 2.75) is 11.4 Å². The Balaban J connectivity index is 0.00000225. The normalized spacial score (nSPS) is 10.8. The van der Waals surface area contributed by atoms with Gasteiger partial charge in [0, 0.05) is 16.7 Å². The van der Waals surface area contributed by atoms with Crippen molar-refractivity contribution >= 4 is 21.7 Å². The van der Waals surface area contributed by atoms with Crippen molar-refractivity contribution < 1.29 is 29.6 Å². The molecule has 0 bridgehead atoms. The lowest BCUT2D eigenvalue weighted by Crippen LogP contribution is -3.00. The van der Waals surface area contributed by atoms with Crippen LogP contribution in [-0.4, -0.2) is 8.42 Å². The summed E-state index contributed by atoms with van der Waals surface area (Å²) in [7, 11) is -3.89. The van der Waals surface area contributed by atoms with Gasteiger partial charge in [0.05, 0.1) is 0 Å². The largest absolute Gasteiger partial charge is 1.00 e. The third kappa shape index (κ3) is 5.19. The molecule has 0 saturated heterocycles. The second kappa shape index (κ2) is 8.34. The van der Waals surface area contributed by atoms with Crippen molar-refractivity contribution in [2.75, 3.05) is 0 Å². The Hall–Kier alpha value is -2.08. The van der Waals surface area contributed by atoms with Crippen LogP contribution in [0.5, 0.6) is 5.75 Å². The molecule has 1 aromatic heterocycles. The van der Waals surface area contributed by atoms with Crippen molar-refractivity contribution in [2.24, 2.45) is 0 Å². The minimum Gasteiger partial charge on any atom is -1.00 e. The molecule has 0 radical (unpaired) electrons. The minimum absolute atomic E-state index is 0. The summed E-state index contributed by atoms with van der Waals surface area (Å²) in [6, 6.07) is 19.1. The first-order chi connectivity index (χ1) is 11.5. The van der Waals surface area contributed by atoms with Crippen LogP contribution in [0.1, 0.15) is 5.56 Å². The lowest BCUT2D eigenvalue weighted by molar-refractivity contribution is -0.688. The number of hydrogen-bond acceptors (Lipinski definition) is 3. The number of aromatic nitrogens is 1. The Morgan fingerprint density at radius 1 is 0.920 bits per heavy atom. The number of rotatable bonds is 5.